The molecule has 108 valence electrons. The van der Waals surface area contributed by atoms with Gasteiger partial charge in [0, 0.05) is 5.39 Å². The minimum Gasteiger partial charge on any atom is -0.450 e. The van der Waals surface area contributed by atoms with Crippen LogP contribution in [-0.2, 0) is 4.74 Å². The molecule has 3 aromatic rings. The van der Waals surface area contributed by atoms with Gasteiger partial charge >= 0.3 is 6.09 Å². The smallest absolute Gasteiger partial charge is 0.413 e. The first-order valence-corrected chi connectivity index (χ1v) is 8.41. The zero-order chi connectivity index (χ0) is 14.7. The lowest BCUT2D eigenvalue weighted by molar-refractivity contribution is 0.168. The molecule has 0 aliphatic carbocycles. The van der Waals surface area contributed by atoms with Crippen molar-refractivity contribution >= 4 is 55.9 Å². The number of fused-ring (bicyclic) bond motifs is 1. The number of nitrogens with one attached hydrogen (secondary N) is 1. The average molecular weight is 339 g/mol. The van der Waals surface area contributed by atoms with Crippen LogP contribution in [0.25, 0.3) is 10.2 Å². The molecule has 0 bridgehead atoms. The molecule has 7 nitrogen and oxygen atoms in total. The van der Waals surface area contributed by atoms with Crippen LogP contribution in [0.1, 0.15) is 6.92 Å². The molecule has 0 saturated heterocycles. The van der Waals surface area contributed by atoms with Crippen LogP contribution in [0.4, 0.5) is 9.93 Å². The van der Waals surface area contributed by atoms with Crippen molar-refractivity contribution in [1.82, 2.24) is 20.2 Å². The van der Waals surface area contributed by atoms with E-state index in [2.05, 4.69) is 25.5 Å². The second kappa shape index (κ2) is 6.33. The predicted molar refractivity (Wildman–Crippen MR) is 82.1 cm³/mol. The zero-order valence-corrected chi connectivity index (χ0v) is 13.2. The third-order valence-electron chi connectivity index (χ3n) is 2.30. The first-order chi connectivity index (χ1) is 10.3. The molecule has 0 unspecified atom stereocenters. The van der Waals surface area contributed by atoms with Gasteiger partial charge in [-0.15, -0.1) is 21.5 Å². The number of anilines is 1. The third-order valence-corrected chi connectivity index (χ3v) is 5.03. The van der Waals surface area contributed by atoms with Gasteiger partial charge in [0.1, 0.15) is 16.2 Å². The van der Waals surface area contributed by atoms with E-state index < -0.39 is 6.09 Å². The minimum absolute atomic E-state index is 0.309. The SMILES string of the molecule is CCOC(=O)Nc1nnc(Sc2ncnc3sccc23)s1. The van der Waals surface area contributed by atoms with E-state index in [0.29, 0.717) is 16.1 Å². The maximum atomic E-state index is 11.3. The third kappa shape index (κ3) is 3.28. The van der Waals surface area contributed by atoms with Crippen LogP contribution in [0.15, 0.2) is 27.1 Å². The predicted octanol–water partition coefficient (Wildman–Crippen LogP) is 3.26. The molecule has 21 heavy (non-hydrogen) atoms. The average Bonchev–Trinajstić information content (AvgIpc) is 3.09. The van der Waals surface area contributed by atoms with Gasteiger partial charge in [-0.25, -0.2) is 14.8 Å². The van der Waals surface area contributed by atoms with Gasteiger partial charge in [0.25, 0.3) is 0 Å². The van der Waals surface area contributed by atoms with Crippen molar-refractivity contribution in [2.75, 3.05) is 11.9 Å². The van der Waals surface area contributed by atoms with Crippen LogP contribution >= 0.6 is 34.4 Å². The fourth-order valence-electron chi connectivity index (χ4n) is 1.49. The first kappa shape index (κ1) is 14.2. The first-order valence-electron chi connectivity index (χ1n) is 5.89. The van der Waals surface area contributed by atoms with Crippen LogP contribution in [0.2, 0.25) is 0 Å². The fraction of sp³-hybridized carbons (Fsp3) is 0.182. The van der Waals surface area contributed by atoms with Gasteiger partial charge in [0.2, 0.25) is 5.13 Å². The molecule has 0 aliphatic heterocycles. The maximum absolute atomic E-state index is 11.3. The van der Waals surface area contributed by atoms with Crippen molar-refractivity contribution in [1.29, 1.82) is 0 Å². The summed E-state index contributed by atoms with van der Waals surface area (Å²) in [6, 6.07) is 1.97. The van der Waals surface area contributed by atoms with E-state index in [1.165, 1.54) is 29.4 Å². The molecule has 0 atom stereocenters. The number of hydrogen-bond acceptors (Lipinski definition) is 9. The van der Waals surface area contributed by atoms with Crippen molar-refractivity contribution in [2.24, 2.45) is 0 Å². The zero-order valence-electron chi connectivity index (χ0n) is 10.8. The van der Waals surface area contributed by atoms with Crippen molar-refractivity contribution in [3.63, 3.8) is 0 Å². The number of thiophene rings is 1. The normalized spacial score (nSPS) is 10.7. The molecule has 0 spiro atoms. The molecule has 10 heteroatoms. The Balaban J connectivity index is 1.75. The maximum Gasteiger partial charge on any atom is 0.413 e. The summed E-state index contributed by atoms with van der Waals surface area (Å²) in [7, 11) is 0. The van der Waals surface area contributed by atoms with Gasteiger partial charge in [0.15, 0.2) is 4.34 Å². The molecule has 0 aromatic carbocycles. The summed E-state index contributed by atoms with van der Waals surface area (Å²) in [4.78, 5) is 20.7. The molecular weight excluding hydrogens is 330 g/mol. The Hall–Kier alpha value is -1.78. The van der Waals surface area contributed by atoms with E-state index in [0.717, 1.165) is 15.2 Å². The summed E-state index contributed by atoms with van der Waals surface area (Å²) >= 11 is 4.22. The highest BCUT2D eigenvalue weighted by atomic mass is 32.2. The summed E-state index contributed by atoms with van der Waals surface area (Å²) in [5, 5.41) is 14.6. The summed E-state index contributed by atoms with van der Waals surface area (Å²) in [6.45, 7) is 2.05. The summed E-state index contributed by atoms with van der Waals surface area (Å²) in [5.41, 5.74) is 0. The second-order valence-corrected chi connectivity index (χ2v) is 6.75. The Kier molecular flexibility index (Phi) is 4.27. The number of carbonyl (C=O) groups is 1. The van der Waals surface area contributed by atoms with E-state index >= 15 is 0 Å². The second-order valence-electron chi connectivity index (χ2n) is 3.64. The van der Waals surface area contributed by atoms with Gasteiger partial charge in [-0.3, -0.25) is 5.32 Å². The highest BCUT2D eigenvalue weighted by molar-refractivity contribution is 8.01. The Morgan fingerprint density at radius 3 is 3.19 bits per heavy atom. The van der Waals surface area contributed by atoms with Gasteiger partial charge in [-0.05, 0) is 30.1 Å². The van der Waals surface area contributed by atoms with Crippen molar-refractivity contribution in [2.45, 2.75) is 16.3 Å². The van der Waals surface area contributed by atoms with Crippen molar-refractivity contribution < 1.29 is 9.53 Å². The number of nitrogens with zero attached hydrogens (tertiary/aromatic N) is 4. The lowest BCUT2D eigenvalue weighted by atomic mass is 10.4. The summed E-state index contributed by atoms with van der Waals surface area (Å²) in [5.74, 6) is 0. The van der Waals surface area contributed by atoms with Gasteiger partial charge in [-0.2, -0.15) is 0 Å². The van der Waals surface area contributed by atoms with Crippen LogP contribution in [-0.4, -0.2) is 32.9 Å². The van der Waals surface area contributed by atoms with Gasteiger partial charge in [-0.1, -0.05) is 11.3 Å². The van der Waals surface area contributed by atoms with E-state index in [1.54, 1.807) is 18.3 Å². The van der Waals surface area contributed by atoms with Gasteiger partial charge < -0.3 is 4.74 Å². The lowest BCUT2D eigenvalue weighted by Gasteiger charge is -1.99. The van der Waals surface area contributed by atoms with Crippen LogP contribution in [0.3, 0.4) is 0 Å². The van der Waals surface area contributed by atoms with Crippen LogP contribution in [0.5, 0.6) is 0 Å². The molecule has 0 aliphatic rings. The van der Waals surface area contributed by atoms with E-state index in [1.807, 2.05) is 11.4 Å². The highest BCUT2D eigenvalue weighted by Crippen LogP contribution is 2.35. The van der Waals surface area contributed by atoms with Crippen molar-refractivity contribution in [3.8, 4) is 0 Å². The van der Waals surface area contributed by atoms with E-state index in [4.69, 9.17) is 4.74 Å². The topological polar surface area (TPSA) is 89.9 Å². The Morgan fingerprint density at radius 1 is 1.43 bits per heavy atom. The number of rotatable bonds is 4. The summed E-state index contributed by atoms with van der Waals surface area (Å²) in [6.07, 6.45) is 0.993. The van der Waals surface area contributed by atoms with E-state index in [9.17, 15) is 4.79 Å². The lowest BCUT2D eigenvalue weighted by Crippen LogP contribution is -2.12. The molecule has 3 heterocycles. The largest absolute Gasteiger partial charge is 0.450 e. The van der Waals surface area contributed by atoms with Crippen LogP contribution in [0, 0.1) is 0 Å². The molecule has 1 N–H and O–H groups in total. The Morgan fingerprint density at radius 2 is 2.33 bits per heavy atom. The number of hydrogen-bond donors (Lipinski definition) is 1. The molecular formula is C11H9N5O2S3. The fourth-order valence-corrected chi connectivity index (χ4v) is 4.01. The number of carbonyl (C=O) groups excluding carboxylic acids is 1. The Labute approximate surface area is 131 Å². The number of ether oxygens (including phenoxy) is 1. The molecule has 0 radical (unpaired) electrons. The van der Waals surface area contributed by atoms with Gasteiger partial charge in [0.05, 0.1) is 6.61 Å². The van der Waals surface area contributed by atoms with Crippen LogP contribution < -0.4 is 5.32 Å². The summed E-state index contributed by atoms with van der Waals surface area (Å²) < 4.78 is 5.47. The molecule has 3 rings (SSSR count). The Bertz CT molecular complexity index is 772. The molecule has 0 saturated carbocycles. The molecule has 1 amide bonds. The monoisotopic (exact) mass is 339 g/mol. The standard InChI is InChI=1S/C11H9N5O2S3/c1-2-18-10(17)14-9-15-16-11(21-9)20-8-6-3-4-19-7(6)12-5-13-8/h3-5H,2H2,1H3,(H,14,15,17). The number of amides is 1. The van der Waals surface area contributed by atoms with E-state index in [-0.39, 0.29) is 0 Å². The van der Waals surface area contributed by atoms with Crippen molar-refractivity contribution in [3.05, 3.63) is 17.8 Å². The highest BCUT2D eigenvalue weighted by Gasteiger charge is 2.12. The molecule has 3 aromatic heterocycles. The minimum atomic E-state index is -0.535. The quantitative estimate of drug-likeness (QED) is 0.576. The number of aromatic nitrogens is 4. The molecule has 0 fully saturated rings.